The van der Waals surface area contributed by atoms with Crippen LogP contribution in [0.4, 0.5) is 4.39 Å². The van der Waals surface area contributed by atoms with Crippen molar-refractivity contribution < 1.29 is 23.5 Å². The van der Waals surface area contributed by atoms with E-state index in [1.54, 1.807) is 31.1 Å². The van der Waals surface area contributed by atoms with Crippen LogP contribution in [0.1, 0.15) is 44.2 Å². The zero-order chi connectivity index (χ0) is 22.4. The third-order valence-corrected chi connectivity index (χ3v) is 5.53. The summed E-state index contributed by atoms with van der Waals surface area (Å²) in [6.45, 7) is 4.91. The van der Waals surface area contributed by atoms with Gasteiger partial charge in [0.25, 0.3) is 0 Å². The minimum atomic E-state index is -0.355. The molecule has 0 aromatic heterocycles. The van der Waals surface area contributed by atoms with E-state index in [1.807, 2.05) is 19.1 Å². The van der Waals surface area contributed by atoms with E-state index in [0.717, 1.165) is 29.5 Å². The van der Waals surface area contributed by atoms with E-state index in [0.29, 0.717) is 43.3 Å². The monoisotopic (exact) mass is 427 g/mol. The van der Waals surface area contributed by atoms with E-state index < -0.39 is 0 Å². The predicted octanol–water partition coefficient (Wildman–Crippen LogP) is 4.76. The number of carbonyl (C=O) groups is 2. The number of hydrogen-bond donors (Lipinski definition) is 0. The number of nitrogens with zero attached hydrogens (tertiary/aromatic N) is 1. The molecule has 0 unspecified atom stereocenters. The van der Waals surface area contributed by atoms with Crippen molar-refractivity contribution in [1.82, 2.24) is 4.90 Å². The van der Waals surface area contributed by atoms with Crippen LogP contribution in [0.3, 0.4) is 0 Å². The third kappa shape index (κ3) is 6.06. The van der Waals surface area contributed by atoms with E-state index in [2.05, 4.69) is 0 Å². The summed E-state index contributed by atoms with van der Waals surface area (Å²) in [7, 11) is 1.57. The van der Waals surface area contributed by atoms with Crippen LogP contribution in [-0.2, 0) is 27.3 Å². The second kappa shape index (κ2) is 10.4. The Morgan fingerprint density at radius 2 is 1.87 bits per heavy atom. The van der Waals surface area contributed by atoms with Gasteiger partial charge in [-0.15, -0.1) is 0 Å². The average Bonchev–Trinajstić information content (AvgIpc) is 3.56. The molecule has 0 bridgehead atoms. The fourth-order valence-corrected chi connectivity index (χ4v) is 3.69. The standard InChI is InChI=1S/C25H30FNO4/c1-4-27(24(28)13-17-6-7-17)16-19-15-20(26)9-10-21(19)22-12-18(8-11-23(22)30-3)14-25(29)31-5-2/h8-12,15,17H,4-7,13-14,16H2,1-3H3. The maximum Gasteiger partial charge on any atom is 0.310 e. The molecule has 2 aromatic carbocycles. The number of esters is 1. The number of ether oxygens (including phenoxy) is 2. The molecule has 5 nitrogen and oxygen atoms in total. The van der Waals surface area contributed by atoms with Gasteiger partial charge in [-0.2, -0.15) is 0 Å². The Kier molecular flexibility index (Phi) is 7.66. The molecular weight excluding hydrogens is 397 g/mol. The van der Waals surface area contributed by atoms with Crippen molar-refractivity contribution >= 4 is 11.9 Å². The van der Waals surface area contributed by atoms with Crippen LogP contribution in [0.15, 0.2) is 36.4 Å². The summed E-state index contributed by atoms with van der Waals surface area (Å²) in [6, 6.07) is 10.1. The number of methoxy groups -OCH3 is 1. The summed E-state index contributed by atoms with van der Waals surface area (Å²) in [4.78, 5) is 26.4. The third-order valence-electron chi connectivity index (χ3n) is 5.53. The number of halogens is 1. The molecule has 2 aromatic rings. The lowest BCUT2D eigenvalue weighted by molar-refractivity contribution is -0.142. The molecule has 0 saturated heterocycles. The maximum absolute atomic E-state index is 14.2. The fourth-order valence-electron chi connectivity index (χ4n) is 3.69. The van der Waals surface area contributed by atoms with Crippen LogP contribution < -0.4 is 4.74 Å². The molecule has 1 aliphatic rings. The Labute approximate surface area is 183 Å². The second-order valence-corrected chi connectivity index (χ2v) is 7.87. The summed E-state index contributed by atoms with van der Waals surface area (Å²) >= 11 is 0. The first kappa shape index (κ1) is 22.8. The minimum absolute atomic E-state index is 0.100. The predicted molar refractivity (Wildman–Crippen MR) is 117 cm³/mol. The van der Waals surface area contributed by atoms with Crippen molar-refractivity contribution in [1.29, 1.82) is 0 Å². The van der Waals surface area contributed by atoms with Gasteiger partial charge in [-0.3, -0.25) is 9.59 Å². The molecule has 0 atom stereocenters. The largest absolute Gasteiger partial charge is 0.496 e. The van der Waals surface area contributed by atoms with Crippen molar-refractivity contribution in [2.24, 2.45) is 5.92 Å². The molecule has 0 radical (unpaired) electrons. The Morgan fingerprint density at radius 3 is 2.52 bits per heavy atom. The molecule has 6 heteroatoms. The summed E-state index contributed by atoms with van der Waals surface area (Å²) in [5.41, 5.74) is 3.02. The molecule has 0 spiro atoms. The Bertz CT molecular complexity index is 939. The highest BCUT2D eigenvalue weighted by atomic mass is 19.1. The topological polar surface area (TPSA) is 55.8 Å². The van der Waals surface area contributed by atoms with Crippen molar-refractivity contribution in [3.8, 4) is 16.9 Å². The number of carbonyl (C=O) groups excluding carboxylic acids is 2. The van der Waals surface area contributed by atoms with Crippen molar-refractivity contribution in [3.63, 3.8) is 0 Å². The molecule has 3 rings (SSSR count). The van der Waals surface area contributed by atoms with Crippen molar-refractivity contribution in [2.75, 3.05) is 20.3 Å². The maximum atomic E-state index is 14.2. The Morgan fingerprint density at radius 1 is 1.10 bits per heavy atom. The van der Waals surface area contributed by atoms with E-state index in [9.17, 15) is 14.0 Å². The van der Waals surface area contributed by atoms with Crippen LogP contribution in [0.5, 0.6) is 5.75 Å². The SMILES string of the molecule is CCOC(=O)Cc1ccc(OC)c(-c2ccc(F)cc2CN(CC)C(=O)CC2CC2)c1. The summed E-state index contributed by atoms with van der Waals surface area (Å²) in [5, 5.41) is 0. The molecular formula is C25H30FNO4. The Balaban J connectivity index is 1.94. The fraction of sp³-hybridized carbons (Fsp3) is 0.440. The van der Waals surface area contributed by atoms with Gasteiger partial charge in [-0.25, -0.2) is 4.39 Å². The van der Waals surface area contributed by atoms with Crippen LogP contribution in [-0.4, -0.2) is 37.0 Å². The molecule has 31 heavy (non-hydrogen) atoms. The van der Waals surface area contributed by atoms with E-state index in [-0.39, 0.29) is 24.1 Å². The van der Waals surface area contributed by atoms with Crippen LogP contribution in [0.2, 0.25) is 0 Å². The van der Waals surface area contributed by atoms with E-state index in [1.165, 1.54) is 12.1 Å². The molecule has 1 saturated carbocycles. The molecule has 1 aliphatic carbocycles. The summed E-state index contributed by atoms with van der Waals surface area (Å²) in [6.07, 6.45) is 2.91. The summed E-state index contributed by atoms with van der Waals surface area (Å²) in [5.74, 6) is 0.552. The van der Waals surface area contributed by atoms with Gasteiger partial charge in [-0.05, 0) is 73.6 Å². The summed E-state index contributed by atoms with van der Waals surface area (Å²) < 4.78 is 24.8. The highest BCUT2D eigenvalue weighted by Gasteiger charge is 2.27. The minimum Gasteiger partial charge on any atom is -0.496 e. The first-order chi connectivity index (χ1) is 14.9. The van der Waals surface area contributed by atoms with Gasteiger partial charge >= 0.3 is 5.97 Å². The Hall–Kier alpha value is -2.89. The molecule has 1 fully saturated rings. The van der Waals surface area contributed by atoms with Crippen LogP contribution in [0.25, 0.3) is 11.1 Å². The molecule has 0 heterocycles. The number of rotatable bonds is 10. The van der Waals surface area contributed by atoms with Gasteiger partial charge in [0.2, 0.25) is 5.91 Å². The lowest BCUT2D eigenvalue weighted by Gasteiger charge is -2.23. The van der Waals surface area contributed by atoms with Gasteiger partial charge < -0.3 is 14.4 Å². The number of hydrogen-bond acceptors (Lipinski definition) is 4. The molecule has 0 N–H and O–H groups in total. The smallest absolute Gasteiger partial charge is 0.310 e. The van der Waals surface area contributed by atoms with Gasteiger partial charge in [0.15, 0.2) is 0 Å². The van der Waals surface area contributed by atoms with Crippen LogP contribution in [0, 0.1) is 11.7 Å². The quantitative estimate of drug-likeness (QED) is 0.513. The highest BCUT2D eigenvalue weighted by Crippen LogP contribution is 2.36. The van der Waals surface area contributed by atoms with Crippen molar-refractivity contribution in [2.45, 2.75) is 46.1 Å². The lowest BCUT2D eigenvalue weighted by Crippen LogP contribution is -2.30. The van der Waals surface area contributed by atoms with Gasteiger partial charge in [0, 0.05) is 25.1 Å². The molecule has 1 amide bonds. The first-order valence-corrected chi connectivity index (χ1v) is 10.8. The van der Waals surface area contributed by atoms with Gasteiger partial charge in [0.1, 0.15) is 11.6 Å². The normalized spacial score (nSPS) is 13.0. The average molecular weight is 428 g/mol. The van der Waals surface area contributed by atoms with Crippen molar-refractivity contribution in [3.05, 3.63) is 53.3 Å². The second-order valence-electron chi connectivity index (χ2n) is 7.87. The highest BCUT2D eigenvalue weighted by molar-refractivity contribution is 5.79. The number of benzene rings is 2. The first-order valence-electron chi connectivity index (χ1n) is 10.8. The lowest BCUT2D eigenvalue weighted by atomic mass is 9.95. The zero-order valence-electron chi connectivity index (χ0n) is 18.4. The van der Waals surface area contributed by atoms with E-state index in [4.69, 9.17) is 9.47 Å². The van der Waals surface area contributed by atoms with E-state index >= 15 is 0 Å². The van der Waals surface area contributed by atoms with Crippen LogP contribution >= 0.6 is 0 Å². The molecule has 166 valence electrons. The molecule has 0 aliphatic heterocycles. The van der Waals surface area contributed by atoms with Gasteiger partial charge in [0.05, 0.1) is 20.1 Å². The number of amides is 1. The van der Waals surface area contributed by atoms with Gasteiger partial charge in [-0.1, -0.05) is 12.1 Å². The zero-order valence-corrected chi connectivity index (χ0v) is 18.4.